The predicted molar refractivity (Wildman–Crippen MR) is 74.0 cm³/mol. The van der Waals surface area contributed by atoms with Crippen LogP contribution in [0, 0.1) is 11.3 Å². The van der Waals surface area contributed by atoms with Crippen molar-refractivity contribution >= 4 is 17.5 Å². The first-order valence-electron chi connectivity index (χ1n) is 6.06. The minimum atomic E-state index is -0.880. The molecule has 4 nitrogen and oxygen atoms in total. The van der Waals surface area contributed by atoms with Crippen LogP contribution in [0.15, 0.2) is 24.3 Å². The molecule has 5 heteroatoms. The number of nitriles is 1. The van der Waals surface area contributed by atoms with Crippen molar-refractivity contribution in [1.29, 1.82) is 5.26 Å². The fourth-order valence-corrected chi connectivity index (χ4v) is 1.53. The predicted octanol–water partition coefficient (Wildman–Crippen LogP) is 2.92. The molecule has 0 aliphatic heterocycles. The van der Waals surface area contributed by atoms with Crippen molar-refractivity contribution < 1.29 is 9.53 Å². The first kappa shape index (κ1) is 15.3. The van der Waals surface area contributed by atoms with Gasteiger partial charge in [-0.2, -0.15) is 5.26 Å². The van der Waals surface area contributed by atoms with E-state index in [0.29, 0.717) is 17.2 Å². The van der Waals surface area contributed by atoms with E-state index in [0.717, 1.165) is 0 Å². The lowest BCUT2D eigenvalue weighted by Crippen LogP contribution is -2.49. The van der Waals surface area contributed by atoms with Crippen molar-refractivity contribution in [1.82, 2.24) is 5.32 Å². The number of halogens is 1. The van der Waals surface area contributed by atoms with Crippen LogP contribution < -0.4 is 10.1 Å². The summed E-state index contributed by atoms with van der Waals surface area (Å²) in [5.41, 5.74) is -0.880. The Balaban J connectivity index is 2.69. The topological polar surface area (TPSA) is 62.1 Å². The van der Waals surface area contributed by atoms with Crippen molar-refractivity contribution in [2.75, 3.05) is 0 Å². The average Bonchev–Trinajstić information content (AvgIpc) is 2.41. The van der Waals surface area contributed by atoms with E-state index in [-0.39, 0.29) is 5.91 Å². The van der Waals surface area contributed by atoms with Gasteiger partial charge in [0.25, 0.3) is 5.91 Å². The molecule has 1 aromatic carbocycles. The van der Waals surface area contributed by atoms with Crippen LogP contribution in [-0.2, 0) is 4.79 Å². The molecule has 0 radical (unpaired) electrons. The van der Waals surface area contributed by atoms with Gasteiger partial charge in [-0.1, -0.05) is 30.7 Å². The quantitative estimate of drug-likeness (QED) is 0.902. The highest BCUT2D eigenvalue weighted by Crippen LogP contribution is 2.24. The summed E-state index contributed by atoms with van der Waals surface area (Å²) >= 11 is 5.95. The molecule has 1 N–H and O–H groups in total. The fraction of sp³-hybridized carbons (Fsp3) is 0.429. The molecule has 0 heterocycles. The molecule has 1 aromatic rings. The number of benzene rings is 1. The Morgan fingerprint density at radius 3 is 2.74 bits per heavy atom. The van der Waals surface area contributed by atoms with E-state index in [1.165, 1.54) is 0 Å². The van der Waals surface area contributed by atoms with E-state index in [4.69, 9.17) is 21.6 Å². The van der Waals surface area contributed by atoms with Gasteiger partial charge in [0.15, 0.2) is 6.10 Å². The van der Waals surface area contributed by atoms with E-state index in [1.807, 2.05) is 6.92 Å². The minimum Gasteiger partial charge on any atom is -0.479 e. The van der Waals surface area contributed by atoms with E-state index < -0.39 is 11.6 Å². The van der Waals surface area contributed by atoms with Crippen LogP contribution in [0.5, 0.6) is 5.75 Å². The zero-order valence-electron chi connectivity index (χ0n) is 11.2. The molecule has 0 bridgehead atoms. The van der Waals surface area contributed by atoms with Crippen molar-refractivity contribution in [3.05, 3.63) is 29.3 Å². The molecular formula is C14H17ClN2O2. The van der Waals surface area contributed by atoms with Crippen molar-refractivity contribution in [3.63, 3.8) is 0 Å². The molecule has 0 fully saturated rings. The highest BCUT2D eigenvalue weighted by Gasteiger charge is 2.27. The van der Waals surface area contributed by atoms with Gasteiger partial charge in [0.05, 0.1) is 11.1 Å². The van der Waals surface area contributed by atoms with E-state index in [1.54, 1.807) is 38.1 Å². The van der Waals surface area contributed by atoms with Gasteiger partial charge in [-0.25, -0.2) is 0 Å². The Morgan fingerprint density at radius 2 is 2.21 bits per heavy atom. The van der Waals surface area contributed by atoms with Gasteiger partial charge >= 0.3 is 0 Å². The Hall–Kier alpha value is -1.73. The largest absolute Gasteiger partial charge is 0.479 e. The van der Waals surface area contributed by atoms with Gasteiger partial charge in [-0.15, -0.1) is 0 Å². The molecular weight excluding hydrogens is 264 g/mol. The molecule has 0 unspecified atom stereocenters. The second-order valence-corrected chi connectivity index (χ2v) is 4.88. The zero-order valence-corrected chi connectivity index (χ0v) is 12.0. The average molecular weight is 281 g/mol. The number of ether oxygens (including phenoxy) is 1. The van der Waals surface area contributed by atoms with Gasteiger partial charge in [0.2, 0.25) is 0 Å². The van der Waals surface area contributed by atoms with Crippen LogP contribution in [0.2, 0.25) is 5.02 Å². The first-order chi connectivity index (χ1) is 8.91. The van der Waals surface area contributed by atoms with Crippen LogP contribution in [0.25, 0.3) is 0 Å². The third-order valence-electron chi connectivity index (χ3n) is 2.86. The number of hydrogen-bond acceptors (Lipinski definition) is 3. The van der Waals surface area contributed by atoms with E-state index in [9.17, 15) is 4.79 Å². The summed E-state index contributed by atoms with van der Waals surface area (Å²) in [6.07, 6.45) is -0.201. The van der Waals surface area contributed by atoms with Gasteiger partial charge in [0.1, 0.15) is 11.3 Å². The number of amides is 1. The first-order valence-corrected chi connectivity index (χ1v) is 6.44. The highest BCUT2D eigenvalue weighted by molar-refractivity contribution is 6.32. The monoisotopic (exact) mass is 280 g/mol. The normalized spacial score (nSPS) is 14.9. The summed E-state index contributed by atoms with van der Waals surface area (Å²) in [6.45, 7) is 5.13. The number of rotatable bonds is 5. The number of nitrogens with one attached hydrogen (secondary N) is 1. The second kappa shape index (κ2) is 6.44. The number of para-hydroxylation sites is 1. The molecule has 1 rings (SSSR count). The third kappa shape index (κ3) is 4.15. The van der Waals surface area contributed by atoms with E-state index >= 15 is 0 Å². The molecule has 1 amide bonds. The summed E-state index contributed by atoms with van der Waals surface area (Å²) < 4.78 is 5.49. The SMILES string of the molecule is CC[C@@](C)(C#N)NC(=O)[C@@H](C)Oc1ccccc1Cl. The summed E-state index contributed by atoms with van der Waals surface area (Å²) in [5.74, 6) is 0.104. The van der Waals surface area contributed by atoms with Gasteiger partial charge < -0.3 is 10.1 Å². The van der Waals surface area contributed by atoms with E-state index in [2.05, 4.69) is 11.4 Å². The maximum absolute atomic E-state index is 12.0. The molecule has 19 heavy (non-hydrogen) atoms. The van der Waals surface area contributed by atoms with Crippen LogP contribution in [0.4, 0.5) is 0 Å². The van der Waals surface area contributed by atoms with Crippen LogP contribution in [0.3, 0.4) is 0 Å². The summed E-state index contributed by atoms with van der Waals surface area (Å²) in [6, 6.07) is 9.01. The molecule has 0 aliphatic carbocycles. The fourth-order valence-electron chi connectivity index (χ4n) is 1.35. The Labute approximate surface area is 118 Å². The lowest BCUT2D eigenvalue weighted by molar-refractivity contribution is -0.128. The minimum absolute atomic E-state index is 0.342. The molecule has 102 valence electrons. The summed E-state index contributed by atoms with van der Waals surface area (Å²) in [4.78, 5) is 12.0. The van der Waals surface area contributed by atoms with Crippen LogP contribution >= 0.6 is 11.6 Å². The maximum Gasteiger partial charge on any atom is 0.262 e. The summed E-state index contributed by atoms with van der Waals surface area (Å²) in [5, 5.41) is 12.1. The second-order valence-electron chi connectivity index (χ2n) is 4.48. The smallest absolute Gasteiger partial charge is 0.262 e. The zero-order chi connectivity index (χ0) is 14.5. The number of hydrogen-bond donors (Lipinski definition) is 1. The maximum atomic E-state index is 12.0. The van der Waals surface area contributed by atoms with Gasteiger partial charge in [-0.05, 0) is 32.4 Å². The molecule has 0 spiro atoms. The number of carbonyl (C=O) groups is 1. The van der Waals surface area contributed by atoms with Gasteiger partial charge in [0, 0.05) is 0 Å². The number of carbonyl (C=O) groups excluding carboxylic acids is 1. The van der Waals surface area contributed by atoms with Crippen molar-refractivity contribution in [2.24, 2.45) is 0 Å². The van der Waals surface area contributed by atoms with Crippen LogP contribution in [-0.4, -0.2) is 17.6 Å². The number of nitrogens with zero attached hydrogens (tertiary/aromatic N) is 1. The molecule has 0 aliphatic rings. The van der Waals surface area contributed by atoms with Crippen molar-refractivity contribution in [2.45, 2.75) is 38.8 Å². The highest BCUT2D eigenvalue weighted by atomic mass is 35.5. The Kier molecular flexibility index (Phi) is 5.20. The molecule has 2 atom stereocenters. The lowest BCUT2D eigenvalue weighted by atomic mass is 10.0. The van der Waals surface area contributed by atoms with Crippen molar-refractivity contribution in [3.8, 4) is 11.8 Å². The molecule has 0 aromatic heterocycles. The lowest BCUT2D eigenvalue weighted by Gasteiger charge is -2.24. The van der Waals surface area contributed by atoms with Gasteiger partial charge in [-0.3, -0.25) is 4.79 Å². The molecule has 0 saturated carbocycles. The Bertz CT molecular complexity index is 498. The third-order valence-corrected chi connectivity index (χ3v) is 3.17. The Morgan fingerprint density at radius 1 is 1.58 bits per heavy atom. The standard InChI is InChI=1S/C14H17ClN2O2/c1-4-14(3,9-16)17-13(18)10(2)19-12-8-6-5-7-11(12)15/h5-8,10H,4H2,1-3H3,(H,17,18)/t10-,14+/m1/s1. The summed E-state index contributed by atoms with van der Waals surface area (Å²) in [7, 11) is 0. The van der Waals surface area contributed by atoms with Crippen LogP contribution in [0.1, 0.15) is 27.2 Å². The molecule has 0 saturated heterocycles.